The fourth-order valence-electron chi connectivity index (χ4n) is 5.41. The van der Waals surface area contributed by atoms with Crippen LogP contribution in [0.15, 0.2) is 30.5 Å². The van der Waals surface area contributed by atoms with Crippen molar-refractivity contribution < 1.29 is 9.47 Å². The van der Waals surface area contributed by atoms with Crippen LogP contribution in [0.3, 0.4) is 0 Å². The molecule has 30 heavy (non-hydrogen) atoms. The summed E-state index contributed by atoms with van der Waals surface area (Å²) in [6.07, 6.45) is 8.50. The third-order valence-electron chi connectivity index (χ3n) is 7.18. The highest BCUT2D eigenvalue weighted by Gasteiger charge is 2.44. The molecule has 1 aromatic carbocycles. The van der Waals surface area contributed by atoms with E-state index in [1.807, 2.05) is 24.3 Å². The first-order chi connectivity index (χ1) is 14.7. The molecule has 162 valence electrons. The van der Waals surface area contributed by atoms with Gasteiger partial charge in [0.05, 0.1) is 25.5 Å². The van der Waals surface area contributed by atoms with Crippen molar-refractivity contribution in [1.29, 1.82) is 0 Å². The van der Waals surface area contributed by atoms with Gasteiger partial charge in [-0.1, -0.05) is 24.3 Å². The van der Waals surface area contributed by atoms with E-state index in [2.05, 4.69) is 33.0 Å². The van der Waals surface area contributed by atoms with Gasteiger partial charge in [0.2, 0.25) is 0 Å². The Kier molecular flexibility index (Phi) is 5.79. The molecule has 0 radical (unpaired) electrons. The highest BCUT2D eigenvalue weighted by Crippen LogP contribution is 2.43. The van der Waals surface area contributed by atoms with Gasteiger partial charge in [0.25, 0.3) is 0 Å². The van der Waals surface area contributed by atoms with Crippen LogP contribution in [0.2, 0.25) is 0 Å². The minimum absolute atomic E-state index is 0.237. The zero-order valence-electron chi connectivity index (χ0n) is 18.2. The zero-order chi connectivity index (χ0) is 20.5. The fourth-order valence-corrected chi connectivity index (χ4v) is 5.41. The van der Waals surface area contributed by atoms with E-state index in [4.69, 9.17) is 9.47 Å². The predicted octanol–water partition coefficient (Wildman–Crippen LogP) is 4.04. The molecule has 6 heteroatoms. The molecule has 0 bridgehead atoms. The van der Waals surface area contributed by atoms with Crippen LogP contribution in [0.4, 0.5) is 0 Å². The zero-order valence-corrected chi connectivity index (χ0v) is 18.2. The van der Waals surface area contributed by atoms with Gasteiger partial charge in [-0.25, -0.2) is 4.68 Å². The Morgan fingerprint density at radius 1 is 1.10 bits per heavy atom. The molecule has 3 fully saturated rings. The van der Waals surface area contributed by atoms with E-state index in [1.54, 1.807) is 7.11 Å². The number of ether oxygens (including phenoxy) is 2. The summed E-state index contributed by atoms with van der Waals surface area (Å²) in [5.74, 6) is 3.11. The maximum Gasteiger partial charge on any atom is 0.128 e. The van der Waals surface area contributed by atoms with Crippen LogP contribution in [0.25, 0.3) is 11.3 Å². The lowest BCUT2D eigenvalue weighted by molar-refractivity contribution is -0.0375. The molecule has 0 amide bonds. The van der Waals surface area contributed by atoms with Gasteiger partial charge in [-0.15, -0.1) is 5.10 Å². The van der Waals surface area contributed by atoms with Crippen molar-refractivity contribution in [3.05, 3.63) is 30.5 Å². The summed E-state index contributed by atoms with van der Waals surface area (Å²) in [6, 6.07) is 8.29. The van der Waals surface area contributed by atoms with Crippen LogP contribution >= 0.6 is 0 Å². The maximum atomic E-state index is 6.51. The van der Waals surface area contributed by atoms with Crippen molar-refractivity contribution in [1.82, 2.24) is 19.9 Å². The second-order valence-corrected chi connectivity index (χ2v) is 9.42. The molecule has 4 atom stereocenters. The summed E-state index contributed by atoms with van der Waals surface area (Å²) in [5, 5.41) is 9.08. The van der Waals surface area contributed by atoms with Gasteiger partial charge in [0.15, 0.2) is 0 Å². The van der Waals surface area contributed by atoms with Gasteiger partial charge < -0.3 is 14.4 Å². The van der Waals surface area contributed by atoms with Crippen molar-refractivity contribution in [3.8, 4) is 17.0 Å². The summed E-state index contributed by atoms with van der Waals surface area (Å²) < 4.78 is 14.1. The smallest absolute Gasteiger partial charge is 0.128 e. The van der Waals surface area contributed by atoms with Gasteiger partial charge in [-0.3, -0.25) is 0 Å². The van der Waals surface area contributed by atoms with Crippen molar-refractivity contribution in [2.45, 2.75) is 51.2 Å². The number of hydrogen-bond donors (Lipinski definition) is 0. The highest BCUT2D eigenvalue weighted by atomic mass is 16.5. The van der Waals surface area contributed by atoms with Crippen LogP contribution in [0.1, 0.15) is 45.1 Å². The highest BCUT2D eigenvalue weighted by molar-refractivity contribution is 5.66. The number of hydrogen-bond acceptors (Lipinski definition) is 5. The molecule has 1 aromatic heterocycles. The van der Waals surface area contributed by atoms with Crippen LogP contribution in [-0.4, -0.2) is 59.3 Å². The number of methoxy groups -OCH3 is 1. The van der Waals surface area contributed by atoms with Crippen molar-refractivity contribution in [2.75, 3.05) is 33.4 Å². The average Bonchev–Trinajstić information content (AvgIpc) is 3.32. The Hall–Kier alpha value is -1.92. The summed E-state index contributed by atoms with van der Waals surface area (Å²) >= 11 is 0. The number of benzene rings is 1. The Labute approximate surface area is 179 Å². The van der Waals surface area contributed by atoms with E-state index < -0.39 is 0 Å². The molecule has 2 aromatic rings. The number of fused-ring (bicyclic) bond motifs is 1. The largest absolute Gasteiger partial charge is 0.496 e. The van der Waals surface area contributed by atoms with Gasteiger partial charge >= 0.3 is 0 Å². The van der Waals surface area contributed by atoms with Crippen molar-refractivity contribution >= 4 is 0 Å². The van der Waals surface area contributed by atoms with Gasteiger partial charge in [-0.05, 0) is 68.5 Å². The Balaban J connectivity index is 1.37. The number of likely N-dealkylation sites (tertiary alicyclic amines) is 1. The van der Waals surface area contributed by atoms with Gasteiger partial charge in [0, 0.05) is 25.3 Å². The summed E-state index contributed by atoms with van der Waals surface area (Å²) in [7, 11) is 1.70. The molecule has 0 spiro atoms. The SMILES string of the molecule is CCCN1C[C@H]2C[C@@H](n3cc(-c4ccccc4OC)nn3)[C@H](OCC3CC3)C[C@H]2C1. The first kappa shape index (κ1) is 20.0. The van der Waals surface area contributed by atoms with E-state index >= 15 is 0 Å². The summed E-state index contributed by atoms with van der Waals surface area (Å²) in [4.78, 5) is 2.65. The molecule has 2 saturated carbocycles. The molecule has 1 aliphatic heterocycles. The quantitative estimate of drug-likeness (QED) is 0.657. The second kappa shape index (κ2) is 8.67. The first-order valence-electron chi connectivity index (χ1n) is 11.6. The summed E-state index contributed by atoms with van der Waals surface area (Å²) in [6.45, 7) is 6.86. The van der Waals surface area contributed by atoms with Crippen LogP contribution in [0, 0.1) is 17.8 Å². The standard InChI is InChI=1S/C24H34N4O2/c1-3-10-27-13-18-11-22(24(12-19(18)14-27)30-16-17-8-9-17)28-15-21(25-26-28)20-6-4-5-7-23(20)29-2/h4-7,15,17-19,22,24H,3,8-14,16H2,1-2H3/t18-,19+,22-,24-/m1/s1. The lowest BCUT2D eigenvalue weighted by Gasteiger charge is -2.37. The number of nitrogens with zero attached hydrogens (tertiary/aromatic N) is 4. The van der Waals surface area contributed by atoms with Crippen molar-refractivity contribution in [3.63, 3.8) is 0 Å². The average molecular weight is 411 g/mol. The molecule has 0 unspecified atom stereocenters. The van der Waals surface area contributed by atoms with Gasteiger partial charge in [0.1, 0.15) is 11.4 Å². The number of aromatic nitrogens is 3. The molecule has 0 N–H and O–H groups in total. The number of para-hydroxylation sites is 1. The minimum Gasteiger partial charge on any atom is -0.496 e. The molecular formula is C24H34N4O2. The lowest BCUT2D eigenvalue weighted by Crippen LogP contribution is -2.38. The van der Waals surface area contributed by atoms with E-state index in [1.165, 1.54) is 38.9 Å². The van der Waals surface area contributed by atoms with E-state index in [0.717, 1.165) is 54.2 Å². The Morgan fingerprint density at radius 2 is 1.90 bits per heavy atom. The second-order valence-electron chi connectivity index (χ2n) is 9.42. The Morgan fingerprint density at radius 3 is 2.67 bits per heavy atom. The van der Waals surface area contributed by atoms with E-state index in [-0.39, 0.29) is 12.1 Å². The summed E-state index contributed by atoms with van der Waals surface area (Å²) in [5.41, 5.74) is 1.86. The minimum atomic E-state index is 0.237. The monoisotopic (exact) mass is 410 g/mol. The van der Waals surface area contributed by atoms with Crippen molar-refractivity contribution in [2.24, 2.45) is 17.8 Å². The maximum absolute atomic E-state index is 6.51. The van der Waals surface area contributed by atoms with Crippen LogP contribution in [0.5, 0.6) is 5.75 Å². The molecular weight excluding hydrogens is 376 g/mol. The predicted molar refractivity (Wildman–Crippen MR) is 116 cm³/mol. The molecule has 6 nitrogen and oxygen atoms in total. The number of rotatable bonds is 8. The van der Waals surface area contributed by atoms with E-state index in [9.17, 15) is 0 Å². The third-order valence-corrected chi connectivity index (χ3v) is 7.18. The first-order valence-corrected chi connectivity index (χ1v) is 11.6. The normalized spacial score (nSPS) is 29.1. The third kappa shape index (κ3) is 4.12. The molecule has 2 heterocycles. The van der Waals surface area contributed by atoms with Gasteiger partial charge in [-0.2, -0.15) is 0 Å². The fraction of sp³-hybridized carbons (Fsp3) is 0.667. The topological polar surface area (TPSA) is 52.4 Å². The molecule has 3 aliphatic rings. The van der Waals surface area contributed by atoms with Crippen LogP contribution in [-0.2, 0) is 4.74 Å². The molecule has 5 rings (SSSR count). The lowest BCUT2D eigenvalue weighted by atomic mass is 9.77. The van der Waals surface area contributed by atoms with E-state index in [0.29, 0.717) is 0 Å². The Bertz CT molecular complexity index is 849. The van der Waals surface area contributed by atoms with Crippen LogP contribution < -0.4 is 4.74 Å². The molecule has 1 saturated heterocycles. The molecule has 2 aliphatic carbocycles.